The Morgan fingerprint density at radius 2 is 2.05 bits per heavy atom. The van der Waals surface area contributed by atoms with E-state index in [1.807, 2.05) is 42.3 Å². The summed E-state index contributed by atoms with van der Waals surface area (Å²) in [5.41, 5.74) is 2.23. The zero-order valence-corrected chi connectivity index (χ0v) is 12.7. The van der Waals surface area contributed by atoms with Gasteiger partial charge in [-0.2, -0.15) is 0 Å². The number of carbonyl (C=O) groups excluding carboxylic acids is 1. The number of hydrogen-bond donors (Lipinski definition) is 0. The first-order chi connectivity index (χ1) is 9.69. The number of aromatic nitrogens is 1. The number of thioether (sulfide) groups is 1. The SMILES string of the molecule is CCN1C(=O)CS[C@H]1c1ccn(-c2ccc(Cl)cc2)c1. The van der Waals surface area contributed by atoms with Gasteiger partial charge in [0.25, 0.3) is 0 Å². The fourth-order valence-electron chi connectivity index (χ4n) is 2.41. The third kappa shape index (κ3) is 2.45. The van der Waals surface area contributed by atoms with E-state index >= 15 is 0 Å². The summed E-state index contributed by atoms with van der Waals surface area (Å²) in [6.07, 6.45) is 4.11. The number of rotatable bonds is 3. The molecule has 1 aliphatic heterocycles. The Labute approximate surface area is 127 Å². The molecule has 1 fully saturated rings. The van der Waals surface area contributed by atoms with Gasteiger partial charge < -0.3 is 9.47 Å². The Hall–Kier alpha value is -1.39. The molecule has 0 spiro atoms. The normalized spacial score (nSPS) is 18.8. The molecule has 0 aliphatic carbocycles. The molecule has 20 heavy (non-hydrogen) atoms. The van der Waals surface area contributed by atoms with Crippen molar-refractivity contribution in [1.29, 1.82) is 0 Å². The lowest BCUT2D eigenvalue weighted by Gasteiger charge is -2.21. The minimum absolute atomic E-state index is 0.140. The van der Waals surface area contributed by atoms with Gasteiger partial charge in [0.2, 0.25) is 5.91 Å². The summed E-state index contributed by atoms with van der Waals surface area (Å²) in [6, 6.07) is 9.80. The molecule has 3 nitrogen and oxygen atoms in total. The van der Waals surface area contributed by atoms with Gasteiger partial charge in [-0.1, -0.05) is 11.6 Å². The highest BCUT2D eigenvalue weighted by atomic mass is 35.5. The maximum atomic E-state index is 11.8. The van der Waals surface area contributed by atoms with Crippen LogP contribution in [0.2, 0.25) is 5.02 Å². The molecule has 0 saturated carbocycles. The van der Waals surface area contributed by atoms with Crippen molar-refractivity contribution in [2.45, 2.75) is 12.3 Å². The molecule has 1 amide bonds. The number of carbonyl (C=O) groups is 1. The summed E-state index contributed by atoms with van der Waals surface area (Å²) in [5.74, 6) is 0.798. The number of halogens is 1. The molecule has 1 atom stereocenters. The van der Waals surface area contributed by atoms with Crippen molar-refractivity contribution in [3.63, 3.8) is 0 Å². The van der Waals surface area contributed by atoms with Crippen molar-refractivity contribution >= 4 is 29.3 Å². The van der Waals surface area contributed by atoms with Crippen LogP contribution in [0.4, 0.5) is 0 Å². The average Bonchev–Trinajstić information content (AvgIpc) is 3.06. The summed E-state index contributed by atoms with van der Waals surface area (Å²) < 4.78 is 2.06. The summed E-state index contributed by atoms with van der Waals surface area (Å²) in [5, 5.41) is 0.872. The van der Waals surface area contributed by atoms with E-state index in [-0.39, 0.29) is 11.3 Å². The lowest BCUT2D eigenvalue weighted by Crippen LogP contribution is -2.27. The molecule has 0 bridgehead atoms. The Kier molecular flexibility index (Phi) is 3.76. The van der Waals surface area contributed by atoms with E-state index in [9.17, 15) is 4.79 Å². The van der Waals surface area contributed by atoms with Crippen LogP contribution in [0.1, 0.15) is 17.9 Å². The second-order valence-electron chi connectivity index (χ2n) is 4.67. The summed E-state index contributed by atoms with van der Waals surface area (Å²) in [7, 11) is 0. The Morgan fingerprint density at radius 1 is 1.30 bits per heavy atom. The van der Waals surface area contributed by atoms with Crippen LogP contribution in [0, 0.1) is 0 Å². The molecular weight excluding hydrogens is 292 g/mol. The van der Waals surface area contributed by atoms with Crippen LogP contribution in [0.5, 0.6) is 0 Å². The molecule has 5 heteroatoms. The second-order valence-corrected chi connectivity index (χ2v) is 6.18. The first kappa shape index (κ1) is 13.6. The Bertz CT molecular complexity index is 623. The summed E-state index contributed by atoms with van der Waals surface area (Å²) in [6.45, 7) is 2.77. The van der Waals surface area contributed by atoms with Gasteiger partial charge in [-0.3, -0.25) is 4.79 Å². The van der Waals surface area contributed by atoms with Crippen LogP contribution >= 0.6 is 23.4 Å². The van der Waals surface area contributed by atoms with Crippen molar-refractivity contribution in [2.24, 2.45) is 0 Å². The van der Waals surface area contributed by atoms with Gasteiger partial charge in [-0.05, 0) is 37.3 Å². The Balaban J connectivity index is 1.87. The van der Waals surface area contributed by atoms with Crippen LogP contribution in [0.3, 0.4) is 0 Å². The zero-order chi connectivity index (χ0) is 14.1. The van der Waals surface area contributed by atoms with Crippen LogP contribution in [0.25, 0.3) is 5.69 Å². The van der Waals surface area contributed by atoms with E-state index in [4.69, 9.17) is 11.6 Å². The van der Waals surface area contributed by atoms with Crippen molar-refractivity contribution in [2.75, 3.05) is 12.3 Å². The number of amides is 1. The van der Waals surface area contributed by atoms with E-state index in [0.29, 0.717) is 5.75 Å². The smallest absolute Gasteiger partial charge is 0.233 e. The topological polar surface area (TPSA) is 25.2 Å². The Morgan fingerprint density at radius 3 is 2.75 bits per heavy atom. The molecule has 0 N–H and O–H groups in total. The number of benzene rings is 1. The maximum absolute atomic E-state index is 11.8. The van der Waals surface area contributed by atoms with Gasteiger partial charge in [0.05, 0.1) is 5.75 Å². The lowest BCUT2D eigenvalue weighted by molar-refractivity contribution is -0.127. The monoisotopic (exact) mass is 306 g/mol. The van der Waals surface area contributed by atoms with Gasteiger partial charge in [-0.15, -0.1) is 11.8 Å². The summed E-state index contributed by atoms with van der Waals surface area (Å²) in [4.78, 5) is 13.7. The first-order valence-corrected chi connectivity index (χ1v) is 7.96. The summed E-state index contributed by atoms with van der Waals surface area (Å²) >= 11 is 7.59. The minimum Gasteiger partial charge on any atom is -0.326 e. The van der Waals surface area contributed by atoms with Gasteiger partial charge in [0.15, 0.2) is 0 Å². The quantitative estimate of drug-likeness (QED) is 0.863. The largest absolute Gasteiger partial charge is 0.326 e. The molecule has 1 aliphatic rings. The first-order valence-electron chi connectivity index (χ1n) is 6.54. The predicted molar refractivity (Wildman–Crippen MR) is 83.4 cm³/mol. The third-order valence-electron chi connectivity index (χ3n) is 3.43. The van der Waals surface area contributed by atoms with E-state index in [1.165, 1.54) is 0 Å². The van der Waals surface area contributed by atoms with Crippen molar-refractivity contribution in [3.8, 4) is 5.69 Å². The molecule has 1 aromatic heterocycles. The standard InChI is InChI=1S/C15H15ClN2OS/c1-2-18-14(19)10-20-15(18)11-7-8-17(9-11)13-5-3-12(16)4-6-13/h3-9,15H,2,10H2,1H3/t15-/m0/s1. The molecule has 0 radical (unpaired) electrons. The molecule has 1 saturated heterocycles. The molecule has 0 unspecified atom stereocenters. The van der Waals surface area contributed by atoms with Crippen molar-refractivity contribution in [1.82, 2.24) is 9.47 Å². The predicted octanol–water partition coefficient (Wildman–Crippen LogP) is 3.72. The fraction of sp³-hybridized carbons (Fsp3) is 0.267. The van der Waals surface area contributed by atoms with Crippen LogP contribution in [-0.2, 0) is 4.79 Å². The highest BCUT2D eigenvalue weighted by Crippen LogP contribution is 2.38. The molecule has 2 heterocycles. The molecule has 3 rings (SSSR count). The maximum Gasteiger partial charge on any atom is 0.233 e. The average molecular weight is 307 g/mol. The van der Waals surface area contributed by atoms with Gasteiger partial charge in [0, 0.05) is 35.2 Å². The molecule has 1 aromatic carbocycles. The van der Waals surface area contributed by atoms with Crippen LogP contribution < -0.4 is 0 Å². The van der Waals surface area contributed by atoms with E-state index in [2.05, 4.69) is 16.8 Å². The van der Waals surface area contributed by atoms with Crippen LogP contribution in [0.15, 0.2) is 42.7 Å². The minimum atomic E-state index is 0.140. The second kappa shape index (κ2) is 5.54. The van der Waals surface area contributed by atoms with Crippen molar-refractivity contribution in [3.05, 3.63) is 53.3 Å². The highest BCUT2D eigenvalue weighted by molar-refractivity contribution is 8.00. The van der Waals surface area contributed by atoms with Crippen molar-refractivity contribution < 1.29 is 4.79 Å². The van der Waals surface area contributed by atoms with E-state index in [1.54, 1.807) is 11.8 Å². The van der Waals surface area contributed by atoms with Gasteiger partial charge >= 0.3 is 0 Å². The number of nitrogens with zero attached hydrogens (tertiary/aromatic N) is 2. The van der Waals surface area contributed by atoms with Crippen LogP contribution in [-0.4, -0.2) is 27.7 Å². The lowest BCUT2D eigenvalue weighted by atomic mass is 10.3. The van der Waals surface area contributed by atoms with Gasteiger partial charge in [-0.25, -0.2) is 0 Å². The zero-order valence-electron chi connectivity index (χ0n) is 11.1. The van der Waals surface area contributed by atoms with Gasteiger partial charge in [0.1, 0.15) is 5.37 Å². The third-order valence-corrected chi connectivity index (χ3v) is 4.94. The van der Waals surface area contributed by atoms with E-state index < -0.39 is 0 Å². The highest BCUT2D eigenvalue weighted by Gasteiger charge is 2.31. The molecule has 2 aromatic rings. The van der Waals surface area contributed by atoms with E-state index in [0.717, 1.165) is 22.8 Å². The molecule has 104 valence electrons. The fourth-order valence-corrected chi connectivity index (χ4v) is 3.78. The number of hydrogen-bond acceptors (Lipinski definition) is 2. The molecular formula is C15H15ClN2OS.